The summed E-state index contributed by atoms with van der Waals surface area (Å²) in [4.78, 5) is 55.8. The lowest BCUT2D eigenvalue weighted by Crippen LogP contribution is -2.49. The molecule has 2 aliphatic heterocycles. The number of piperazine rings is 1. The lowest BCUT2D eigenvalue weighted by molar-refractivity contribution is -0.136. The van der Waals surface area contributed by atoms with Crippen molar-refractivity contribution >= 4 is 35.1 Å². The molecule has 1 fully saturated rings. The molecule has 2 aromatic carbocycles. The number of hydrogen-bond donors (Lipinski definition) is 2. The van der Waals surface area contributed by atoms with Gasteiger partial charge >= 0.3 is 11.9 Å². The van der Waals surface area contributed by atoms with Crippen LogP contribution < -0.4 is 10.2 Å². The number of carbonyl (C=O) groups excluding carboxylic acids is 4. The molecule has 2 amide bonds. The highest BCUT2D eigenvalue weighted by Gasteiger charge is 2.35. The highest BCUT2D eigenvalue weighted by Crippen LogP contribution is 2.32. The molecule has 0 bridgehead atoms. The van der Waals surface area contributed by atoms with Crippen LogP contribution in [0.3, 0.4) is 0 Å². The summed E-state index contributed by atoms with van der Waals surface area (Å²) in [5.41, 5.74) is 2.14. The van der Waals surface area contributed by atoms with Gasteiger partial charge in [-0.3, -0.25) is 9.59 Å². The Balaban J connectivity index is 1.62. The summed E-state index contributed by atoms with van der Waals surface area (Å²) >= 11 is 0. The second kappa shape index (κ2) is 11.8. The first-order valence-corrected chi connectivity index (χ1v) is 12.2. The highest BCUT2D eigenvalue weighted by molar-refractivity contribution is 6.09. The molecule has 2 heterocycles. The molecule has 1 saturated heterocycles. The fourth-order valence-electron chi connectivity index (χ4n) is 4.55. The van der Waals surface area contributed by atoms with Crippen LogP contribution in [-0.4, -0.2) is 98.8 Å². The summed E-state index contributed by atoms with van der Waals surface area (Å²) < 4.78 is 9.74. The standard InChI is InChI=1S/C27H30N4O7/c1-37-26(35)19-8-9-22(29-10-12-30(13-11-29)24(33)18-6-4-3-5-7-18)21(16-19)28-23-20(27(36)38-2)17-31(14-15-32)25(23)34/h3-9,16,28,32H,10-15,17H2,1-2H3. The van der Waals surface area contributed by atoms with E-state index in [4.69, 9.17) is 9.47 Å². The lowest BCUT2D eigenvalue weighted by atomic mass is 10.1. The van der Waals surface area contributed by atoms with Crippen molar-refractivity contribution in [3.8, 4) is 0 Å². The van der Waals surface area contributed by atoms with E-state index in [1.54, 1.807) is 35.2 Å². The maximum Gasteiger partial charge on any atom is 0.337 e. The van der Waals surface area contributed by atoms with Gasteiger partial charge in [0.15, 0.2) is 0 Å². The van der Waals surface area contributed by atoms with E-state index in [0.717, 1.165) is 0 Å². The minimum atomic E-state index is -0.667. The molecule has 0 saturated carbocycles. The van der Waals surface area contributed by atoms with E-state index >= 15 is 0 Å². The van der Waals surface area contributed by atoms with Gasteiger partial charge in [-0.2, -0.15) is 0 Å². The molecule has 200 valence electrons. The molecule has 2 aliphatic rings. The first-order valence-electron chi connectivity index (χ1n) is 12.2. The monoisotopic (exact) mass is 522 g/mol. The number of esters is 2. The molecule has 4 rings (SSSR count). The van der Waals surface area contributed by atoms with Crippen molar-refractivity contribution < 1.29 is 33.8 Å². The van der Waals surface area contributed by atoms with Gasteiger partial charge in [-0.1, -0.05) is 18.2 Å². The van der Waals surface area contributed by atoms with Crippen LogP contribution in [0.1, 0.15) is 20.7 Å². The number of carbonyl (C=O) groups is 4. The first kappa shape index (κ1) is 26.7. The van der Waals surface area contributed by atoms with Crippen molar-refractivity contribution in [2.75, 3.05) is 70.3 Å². The Hall–Kier alpha value is -4.38. The van der Waals surface area contributed by atoms with Gasteiger partial charge in [-0.25, -0.2) is 9.59 Å². The molecule has 0 radical (unpaired) electrons. The minimum absolute atomic E-state index is 0.0132. The van der Waals surface area contributed by atoms with Crippen LogP contribution >= 0.6 is 0 Å². The van der Waals surface area contributed by atoms with Crippen LogP contribution in [0.25, 0.3) is 0 Å². The van der Waals surface area contributed by atoms with Gasteiger partial charge in [0.05, 0.1) is 49.9 Å². The predicted octanol–water partition coefficient (Wildman–Crippen LogP) is 1.11. The maximum absolute atomic E-state index is 13.1. The Labute approximate surface area is 220 Å². The number of anilines is 2. The number of aliphatic hydroxyl groups excluding tert-OH is 1. The molecule has 0 aromatic heterocycles. The normalized spacial score (nSPS) is 15.6. The van der Waals surface area contributed by atoms with Gasteiger partial charge in [0.1, 0.15) is 5.70 Å². The number of benzene rings is 2. The molecular formula is C27H30N4O7. The molecule has 11 heteroatoms. The molecule has 0 atom stereocenters. The van der Waals surface area contributed by atoms with Gasteiger partial charge in [0, 0.05) is 38.3 Å². The van der Waals surface area contributed by atoms with E-state index in [2.05, 4.69) is 5.32 Å². The third-order valence-corrected chi connectivity index (χ3v) is 6.56. The fourth-order valence-corrected chi connectivity index (χ4v) is 4.55. The number of amides is 2. The van der Waals surface area contributed by atoms with Gasteiger partial charge in [-0.05, 0) is 30.3 Å². The SMILES string of the molecule is COC(=O)C1=C(Nc2cc(C(=O)OC)ccc2N2CCN(C(=O)c3ccccc3)CC2)C(=O)N(CCO)C1. The Morgan fingerprint density at radius 1 is 0.921 bits per heavy atom. The Morgan fingerprint density at radius 2 is 1.61 bits per heavy atom. The zero-order chi connectivity index (χ0) is 27.2. The maximum atomic E-state index is 13.1. The second-order valence-corrected chi connectivity index (χ2v) is 8.79. The summed E-state index contributed by atoms with van der Waals surface area (Å²) in [6.07, 6.45) is 0. The number of methoxy groups -OCH3 is 2. The molecule has 2 N–H and O–H groups in total. The number of rotatable bonds is 8. The summed E-state index contributed by atoms with van der Waals surface area (Å²) in [7, 11) is 2.50. The second-order valence-electron chi connectivity index (χ2n) is 8.79. The van der Waals surface area contributed by atoms with Gasteiger partial charge < -0.3 is 34.6 Å². The van der Waals surface area contributed by atoms with Gasteiger partial charge in [-0.15, -0.1) is 0 Å². The van der Waals surface area contributed by atoms with E-state index in [9.17, 15) is 24.3 Å². The van der Waals surface area contributed by atoms with Crippen molar-refractivity contribution in [3.05, 3.63) is 70.9 Å². The fraction of sp³-hybridized carbons (Fsp3) is 0.333. The van der Waals surface area contributed by atoms with Crippen molar-refractivity contribution in [1.82, 2.24) is 9.80 Å². The summed E-state index contributed by atoms with van der Waals surface area (Å²) in [6.45, 7) is 1.76. The third kappa shape index (κ3) is 5.47. The smallest absolute Gasteiger partial charge is 0.337 e. The quantitative estimate of drug-likeness (QED) is 0.490. The zero-order valence-electron chi connectivity index (χ0n) is 21.3. The molecule has 38 heavy (non-hydrogen) atoms. The largest absolute Gasteiger partial charge is 0.466 e. The highest BCUT2D eigenvalue weighted by atomic mass is 16.5. The number of nitrogens with one attached hydrogen (secondary N) is 1. The van der Waals surface area contributed by atoms with Gasteiger partial charge in [0.2, 0.25) is 0 Å². The first-order chi connectivity index (χ1) is 18.4. The van der Waals surface area contributed by atoms with Crippen LogP contribution in [0.15, 0.2) is 59.8 Å². The lowest BCUT2D eigenvalue weighted by Gasteiger charge is -2.37. The molecule has 0 aliphatic carbocycles. The van der Waals surface area contributed by atoms with Crippen molar-refractivity contribution in [2.45, 2.75) is 0 Å². The van der Waals surface area contributed by atoms with Crippen LogP contribution in [0.4, 0.5) is 11.4 Å². The minimum Gasteiger partial charge on any atom is -0.466 e. The van der Waals surface area contributed by atoms with Crippen LogP contribution in [-0.2, 0) is 19.1 Å². The summed E-state index contributed by atoms with van der Waals surface area (Å²) in [6, 6.07) is 14.0. The zero-order valence-corrected chi connectivity index (χ0v) is 21.3. The van der Waals surface area contributed by atoms with Crippen molar-refractivity contribution in [2.24, 2.45) is 0 Å². The Bertz CT molecular complexity index is 1250. The van der Waals surface area contributed by atoms with Crippen molar-refractivity contribution in [3.63, 3.8) is 0 Å². The van der Waals surface area contributed by atoms with Crippen LogP contribution in [0.2, 0.25) is 0 Å². The Kier molecular flexibility index (Phi) is 8.27. The Morgan fingerprint density at radius 3 is 2.24 bits per heavy atom. The number of ether oxygens (including phenoxy) is 2. The average molecular weight is 523 g/mol. The summed E-state index contributed by atoms with van der Waals surface area (Å²) in [5.74, 6) is -1.73. The number of hydrogen-bond acceptors (Lipinski definition) is 9. The number of aliphatic hydroxyl groups is 1. The third-order valence-electron chi connectivity index (χ3n) is 6.56. The number of nitrogens with zero attached hydrogens (tertiary/aromatic N) is 3. The summed E-state index contributed by atoms with van der Waals surface area (Å²) in [5, 5.41) is 12.4. The molecule has 11 nitrogen and oxygen atoms in total. The van der Waals surface area contributed by atoms with E-state index in [-0.39, 0.29) is 42.4 Å². The number of β-amino-alcohol motifs (C(OH)–C–C–N with tert-alkyl or cyclic N) is 1. The van der Waals surface area contributed by atoms with Crippen LogP contribution in [0, 0.1) is 0 Å². The molecular weight excluding hydrogens is 492 g/mol. The molecule has 2 aromatic rings. The van der Waals surface area contributed by atoms with Gasteiger partial charge in [0.25, 0.3) is 11.8 Å². The van der Waals surface area contributed by atoms with E-state index < -0.39 is 17.8 Å². The molecule has 0 spiro atoms. The topological polar surface area (TPSA) is 129 Å². The van der Waals surface area contributed by atoms with E-state index in [1.807, 2.05) is 23.1 Å². The average Bonchev–Trinajstić information content (AvgIpc) is 3.27. The predicted molar refractivity (Wildman–Crippen MR) is 139 cm³/mol. The molecule has 0 unspecified atom stereocenters. The van der Waals surface area contributed by atoms with Crippen LogP contribution in [0.5, 0.6) is 0 Å². The van der Waals surface area contributed by atoms with Crippen molar-refractivity contribution in [1.29, 1.82) is 0 Å². The van der Waals surface area contributed by atoms with E-state index in [0.29, 0.717) is 43.1 Å². The van der Waals surface area contributed by atoms with E-state index in [1.165, 1.54) is 19.1 Å².